The number of rotatable bonds is 15. The second-order valence-corrected chi connectivity index (χ2v) is 11.0. The molecule has 6 atom stereocenters. The summed E-state index contributed by atoms with van der Waals surface area (Å²) in [6, 6.07) is 0. The van der Waals surface area contributed by atoms with Crippen LogP contribution in [-0.2, 0) is 28.2 Å². The molecule has 19 heteroatoms. The van der Waals surface area contributed by atoms with E-state index in [2.05, 4.69) is 14.0 Å². The normalized spacial score (nSPS) is 31.0. The zero-order valence-electron chi connectivity index (χ0n) is 24.2. The van der Waals surface area contributed by atoms with Crippen LogP contribution in [0.4, 0.5) is 39.5 Å². The van der Waals surface area contributed by atoms with Gasteiger partial charge >= 0.3 is 26.0 Å². The summed E-state index contributed by atoms with van der Waals surface area (Å²) in [7, 11) is 0.403. The number of methoxy groups -OCH3 is 3. The number of alkyl halides is 9. The summed E-state index contributed by atoms with van der Waals surface area (Å²) in [5.41, 5.74) is 0. The summed E-state index contributed by atoms with van der Waals surface area (Å²) in [5.74, 6) is -1.35. The van der Waals surface area contributed by atoms with Crippen LogP contribution in [0.25, 0.3) is 0 Å². The van der Waals surface area contributed by atoms with Crippen molar-refractivity contribution in [3.63, 3.8) is 0 Å². The molecule has 3 aliphatic rings. The topological polar surface area (TPSA) is 65.1 Å². The Morgan fingerprint density at radius 3 is 1.00 bits per heavy atom. The summed E-state index contributed by atoms with van der Waals surface area (Å²) in [6.07, 6.45) is -23.0. The summed E-state index contributed by atoms with van der Waals surface area (Å²) >= 11 is 0. The van der Waals surface area contributed by atoms with E-state index in [1.54, 1.807) is 0 Å². The van der Waals surface area contributed by atoms with Gasteiger partial charge in [0.25, 0.3) is 0 Å². The Kier molecular flexibility index (Phi) is 13.2. The van der Waals surface area contributed by atoms with E-state index in [0.717, 1.165) is 0 Å². The third-order valence-corrected chi connectivity index (χ3v) is 7.86. The van der Waals surface area contributed by atoms with Crippen LogP contribution in [-0.4, -0.2) is 120 Å². The molecule has 0 amide bonds. The number of hydrogen-bond acceptors (Lipinski definition) is 9. The van der Waals surface area contributed by atoms with Crippen LogP contribution in [0.1, 0.15) is 38.5 Å². The zero-order valence-corrected chi connectivity index (χ0v) is 24.2. The largest absolute Gasteiger partial charge is 0.655 e. The van der Waals surface area contributed by atoms with Gasteiger partial charge in [-0.3, -0.25) is 0 Å². The fourth-order valence-corrected chi connectivity index (χ4v) is 5.61. The van der Waals surface area contributed by atoms with Gasteiger partial charge in [-0.25, -0.2) is 13.2 Å². The molecule has 0 saturated carbocycles. The minimum absolute atomic E-state index is 0.0220. The van der Waals surface area contributed by atoms with E-state index in [4.69, 9.17) is 14.2 Å². The van der Waals surface area contributed by atoms with Crippen molar-refractivity contribution in [1.82, 2.24) is 14.7 Å². The van der Waals surface area contributed by atoms with Crippen molar-refractivity contribution in [1.29, 1.82) is 0 Å². The van der Waals surface area contributed by atoms with E-state index in [1.165, 1.54) is 21.3 Å². The molecule has 0 bridgehead atoms. The number of piperidine rings is 3. The minimum atomic E-state index is -4.81. The molecule has 3 fully saturated rings. The number of likely N-dealkylation sites (tertiary alicyclic amines) is 3. The van der Waals surface area contributed by atoms with Crippen molar-refractivity contribution in [2.24, 2.45) is 17.8 Å². The maximum Gasteiger partial charge on any atom is 0.655 e. The van der Waals surface area contributed by atoms with Crippen molar-refractivity contribution in [3.05, 3.63) is 0 Å². The molecule has 3 heterocycles. The van der Waals surface area contributed by atoms with Gasteiger partial charge in [-0.1, -0.05) is 0 Å². The fourth-order valence-electron chi connectivity index (χ4n) is 5.61. The molecule has 6 unspecified atom stereocenters. The summed E-state index contributed by atoms with van der Waals surface area (Å²) < 4.78 is 162. The molecule has 43 heavy (non-hydrogen) atoms. The Morgan fingerprint density at radius 1 is 0.535 bits per heavy atom. The van der Waals surface area contributed by atoms with E-state index >= 15 is 26.3 Å². The Balaban J connectivity index is 1.80. The highest BCUT2D eigenvalue weighted by molar-refractivity contribution is 6.36. The lowest BCUT2D eigenvalue weighted by molar-refractivity contribution is -0.379. The van der Waals surface area contributed by atoms with Gasteiger partial charge in [0.15, 0.2) is 18.9 Å². The molecule has 0 radical (unpaired) electrons. The molecule has 0 spiro atoms. The van der Waals surface area contributed by atoms with Gasteiger partial charge in [-0.15, -0.1) is 0 Å². The van der Waals surface area contributed by atoms with Gasteiger partial charge in [-0.2, -0.15) is 41.0 Å². The maximum absolute atomic E-state index is 15.2. The number of ether oxygens (including phenoxy) is 3. The summed E-state index contributed by atoms with van der Waals surface area (Å²) in [5, 5.41) is 0. The number of hydrogen-bond donors (Lipinski definition) is 0. The standard InChI is InChI=1S/C24H39BF9N3O6/c1-38-13-16-4-7-35(19(26)10-16)22(29,30)41-25(42-23(31,32)36-8-5-17(14-39-2)11-20(36)27)43-24(33,34)37-9-6-18(15-40-3)12-21(37)28/h16-21H,4-15H2,1-3H3. The molecule has 0 aromatic heterocycles. The van der Waals surface area contributed by atoms with Crippen LogP contribution in [0.5, 0.6) is 0 Å². The zero-order chi connectivity index (χ0) is 32.0. The molecular formula is C24H39BF9N3O6. The predicted molar refractivity (Wildman–Crippen MR) is 132 cm³/mol. The third kappa shape index (κ3) is 9.78. The highest BCUT2D eigenvalue weighted by atomic mass is 19.3. The lowest BCUT2D eigenvalue weighted by Crippen LogP contribution is -2.61. The lowest BCUT2D eigenvalue weighted by Gasteiger charge is -2.42. The first-order chi connectivity index (χ1) is 20.1. The SMILES string of the molecule is COCC1CCN(C(F)(F)OB(OC(F)(F)N2CCC(COC)CC2F)OC(F)(F)N2CCC(COC)CC2F)C(F)C1. The molecule has 9 nitrogen and oxygen atoms in total. The van der Waals surface area contributed by atoms with Crippen molar-refractivity contribution in [3.8, 4) is 0 Å². The first-order valence-corrected chi connectivity index (χ1v) is 14.0. The Morgan fingerprint density at radius 2 is 0.791 bits per heavy atom. The molecule has 0 aromatic carbocycles. The highest BCUT2D eigenvalue weighted by Crippen LogP contribution is 2.39. The van der Waals surface area contributed by atoms with E-state index in [9.17, 15) is 13.2 Å². The molecule has 3 saturated heterocycles. The number of nitrogens with zero attached hydrogens (tertiary/aromatic N) is 3. The van der Waals surface area contributed by atoms with Gasteiger partial charge < -0.3 is 28.2 Å². The van der Waals surface area contributed by atoms with E-state index in [0.29, 0.717) is 0 Å². The lowest BCUT2D eigenvalue weighted by atomic mass is 9.97. The smallest absolute Gasteiger partial charge is 0.384 e. The Labute approximate surface area is 244 Å². The van der Waals surface area contributed by atoms with Crippen LogP contribution in [0.3, 0.4) is 0 Å². The average molecular weight is 647 g/mol. The third-order valence-electron chi connectivity index (χ3n) is 7.86. The molecule has 0 aliphatic carbocycles. The van der Waals surface area contributed by atoms with Crippen LogP contribution >= 0.6 is 0 Å². The Bertz CT molecular complexity index is 756. The predicted octanol–water partition coefficient (Wildman–Crippen LogP) is 4.63. The van der Waals surface area contributed by atoms with Crippen LogP contribution in [0, 0.1) is 17.8 Å². The quantitative estimate of drug-likeness (QED) is 0.144. The van der Waals surface area contributed by atoms with Crippen LogP contribution in [0.2, 0.25) is 0 Å². The molecule has 0 N–H and O–H groups in total. The van der Waals surface area contributed by atoms with Crippen LogP contribution in [0.15, 0.2) is 0 Å². The fraction of sp³-hybridized carbons (Fsp3) is 1.00. The molecular weight excluding hydrogens is 608 g/mol. The van der Waals surface area contributed by atoms with E-state index in [-0.39, 0.29) is 53.8 Å². The van der Waals surface area contributed by atoms with Gasteiger partial charge in [-0.05, 0) is 56.3 Å². The maximum atomic E-state index is 15.2. The molecule has 0 aromatic rings. The Hall–Kier alpha value is -0.925. The van der Waals surface area contributed by atoms with Crippen molar-refractivity contribution in [2.45, 2.75) is 76.1 Å². The molecule has 252 valence electrons. The first-order valence-electron chi connectivity index (χ1n) is 14.0. The summed E-state index contributed by atoms with van der Waals surface area (Å²) in [4.78, 5) is -0.507. The van der Waals surface area contributed by atoms with Crippen molar-refractivity contribution < 1.29 is 67.7 Å². The number of halogens is 9. The first kappa shape index (κ1) is 36.5. The molecule has 3 aliphatic heterocycles. The van der Waals surface area contributed by atoms with Gasteiger partial charge in [0, 0.05) is 60.8 Å². The molecule has 3 rings (SSSR count). The summed E-state index contributed by atoms with van der Waals surface area (Å²) in [6.45, 7) is -1.82. The van der Waals surface area contributed by atoms with Gasteiger partial charge in [0.05, 0.1) is 0 Å². The second-order valence-electron chi connectivity index (χ2n) is 11.0. The van der Waals surface area contributed by atoms with E-state index < -0.39 is 102 Å². The van der Waals surface area contributed by atoms with Crippen molar-refractivity contribution in [2.75, 3.05) is 60.8 Å². The average Bonchev–Trinajstić information content (AvgIpc) is 2.88. The highest BCUT2D eigenvalue weighted by Gasteiger charge is 2.59. The van der Waals surface area contributed by atoms with Crippen LogP contribution < -0.4 is 0 Å². The van der Waals surface area contributed by atoms with Gasteiger partial charge in [0.1, 0.15) is 0 Å². The second kappa shape index (κ2) is 15.6. The van der Waals surface area contributed by atoms with E-state index in [1.807, 2.05) is 0 Å². The van der Waals surface area contributed by atoms with Crippen molar-refractivity contribution >= 4 is 7.32 Å². The van der Waals surface area contributed by atoms with Gasteiger partial charge in [0.2, 0.25) is 0 Å². The minimum Gasteiger partial charge on any atom is -0.384 e. The monoisotopic (exact) mass is 647 g/mol.